The van der Waals surface area contributed by atoms with Gasteiger partial charge in [0.25, 0.3) is 0 Å². The number of rotatable bonds is 3. The maximum atomic E-state index is 11.6. The SMILES string of the molecule is CS(=O)(=O)c1ccc(Nc2cc3c(C#Cc4[nH]nc5ncccc45)nccc3cn2)cc1. The van der Waals surface area contributed by atoms with Crippen LogP contribution in [0.4, 0.5) is 11.5 Å². The summed E-state index contributed by atoms with van der Waals surface area (Å²) in [6.45, 7) is 0. The summed E-state index contributed by atoms with van der Waals surface area (Å²) < 4.78 is 23.3. The maximum Gasteiger partial charge on any atom is 0.182 e. The van der Waals surface area contributed by atoms with E-state index in [0.717, 1.165) is 21.8 Å². The van der Waals surface area contributed by atoms with Crippen molar-refractivity contribution in [3.8, 4) is 11.8 Å². The quantitative estimate of drug-likeness (QED) is 0.413. The molecular formula is C23H16N6O2S. The van der Waals surface area contributed by atoms with Crippen molar-refractivity contribution in [1.82, 2.24) is 25.1 Å². The Kier molecular flexibility index (Phi) is 4.77. The van der Waals surface area contributed by atoms with Crippen LogP contribution in [0.15, 0.2) is 72.0 Å². The molecule has 0 unspecified atom stereocenters. The Morgan fingerprint density at radius 2 is 1.78 bits per heavy atom. The normalized spacial score (nSPS) is 11.3. The molecule has 0 spiro atoms. The topological polar surface area (TPSA) is 114 Å². The Hall–Kier alpha value is -4.29. The zero-order valence-electron chi connectivity index (χ0n) is 16.9. The lowest BCUT2D eigenvalue weighted by Gasteiger charge is -2.08. The van der Waals surface area contributed by atoms with E-state index in [4.69, 9.17) is 0 Å². The van der Waals surface area contributed by atoms with Gasteiger partial charge in [-0.3, -0.25) is 5.10 Å². The van der Waals surface area contributed by atoms with Gasteiger partial charge in [0.15, 0.2) is 15.5 Å². The molecule has 9 heteroatoms. The van der Waals surface area contributed by atoms with E-state index in [-0.39, 0.29) is 4.90 Å². The number of anilines is 2. The summed E-state index contributed by atoms with van der Waals surface area (Å²) in [5.74, 6) is 6.81. The van der Waals surface area contributed by atoms with Crippen LogP contribution in [0.3, 0.4) is 0 Å². The van der Waals surface area contributed by atoms with Gasteiger partial charge in [-0.2, -0.15) is 5.10 Å². The molecule has 2 N–H and O–H groups in total. The number of aromatic nitrogens is 5. The molecule has 0 atom stereocenters. The van der Waals surface area contributed by atoms with E-state index >= 15 is 0 Å². The zero-order valence-corrected chi connectivity index (χ0v) is 17.7. The highest BCUT2D eigenvalue weighted by molar-refractivity contribution is 7.90. The molecule has 0 amide bonds. The fourth-order valence-corrected chi connectivity index (χ4v) is 3.86. The van der Waals surface area contributed by atoms with Crippen molar-refractivity contribution < 1.29 is 8.42 Å². The minimum atomic E-state index is -3.24. The smallest absolute Gasteiger partial charge is 0.182 e. The second-order valence-corrected chi connectivity index (χ2v) is 9.11. The first-order chi connectivity index (χ1) is 15.5. The lowest BCUT2D eigenvalue weighted by Crippen LogP contribution is -1.98. The van der Waals surface area contributed by atoms with Crippen LogP contribution in [0.1, 0.15) is 11.4 Å². The van der Waals surface area contributed by atoms with Crippen LogP contribution in [0.5, 0.6) is 0 Å². The largest absolute Gasteiger partial charge is 0.340 e. The van der Waals surface area contributed by atoms with Crippen molar-refractivity contribution in [2.24, 2.45) is 0 Å². The van der Waals surface area contributed by atoms with Gasteiger partial charge in [0.1, 0.15) is 17.2 Å². The van der Waals surface area contributed by atoms with E-state index < -0.39 is 9.84 Å². The van der Waals surface area contributed by atoms with E-state index in [0.29, 0.717) is 22.9 Å². The van der Waals surface area contributed by atoms with E-state index in [2.05, 4.69) is 42.3 Å². The van der Waals surface area contributed by atoms with E-state index in [1.807, 2.05) is 24.3 Å². The van der Waals surface area contributed by atoms with Crippen LogP contribution in [0, 0.1) is 11.8 Å². The Morgan fingerprint density at radius 3 is 2.59 bits per heavy atom. The minimum Gasteiger partial charge on any atom is -0.340 e. The Bertz CT molecular complexity index is 1630. The lowest BCUT2D eigenvalue weighted by molar-refractivity contribution is 0.602. The number of benzene rings is 1. The number of hydrogen-bond donors (Lipinski definition) is 2. The number of fused-ring (bicyclic) bond motifs is 2. The summed E-state index contributed by atoms with van der Waals surface area (Å²) in [5.41, 5.74) is 2.61. The van der Waals surface area contributed by atoms with Crippen LogP contribution < -0.4 is 5.32 Å². The van der Waals surface area contributed by atoms with E-state index in [1.165, 1.54) is 6.26 Å². The van der Waals surface area contributed by atoms with Gasteiger partial charge in [0.2, 0.25) is 0 Å². The molecule has 0 fully saturated rings. The van der Waals surface area contributed by atoms with Crippen LogP contribution in [-0.4, -0.2) is 39.8 Å². The Balaban J connectivity index is 1.49. The lowest BCUT2D eigenvalue weighted by atomic mass is 10.1. The van der Waals surface area contributed by atoms with Crippen molar-refractivity contribution in [2.45, 2.75) is 4.90 Å². The molecule has 0 radical (unpaired) electrons. The molecule has 4 aromatic heterocycles. The molecule has 8 nitrogen and oxygen atoms in total. The Morgan fingerprint density at radius 1 is 0.938 bits per heavy atom. The highest BCUT2D eigenvalue weighted by atomic mass is 32.2. The fraction of sp³-hybridized carbons (Fsp3) is 0.0435. The van der Waals surface area contributed by atoms with Gasteiger partial charge in [0, 0.05) is 41.3 Å². The third-order valence-electron chi connectivity index (χ3n) is 4.84. The second-order valence-electron chi connectivity index (χ2n) is 7.09. The van der Waals surface area contributed by atoms with Crippen LogP contribution >= 0.6 is 0 Å². The molecule has 0 aliphatic heterocycles. The summed E-state index contributed by atoms with van der Waals surface area (Å²) in [7, 11) is -3.24. The number of H-pyrrole nitrogens is 1. The van der Waals surface area contributed by atoms with Gasteiger partial charge in [-0.1, -0.05) is 0 Å². The Labute approximate surface area is 183 Å². The monoisotopic (exact) mass is 440 g/mol. The first-order valence-corrected chi connectivity index (χ1v) is 11.5. The summed E-state index contributed by atoms with van der Waals surface area (Å²) in [6, 6.07) is 14.0. The maximum absolute atomic E-state index is 11.6. The predicted octanol–water partition coefficient (Wildman–Crippen LogP) is 3.45. The predicted molar refractivity (Wildman–Crippen MR) is 122 cm³/mol. The summed E-state index contributed by atoms with van der Waals surface area (Å²) in [6.07, 6.45) is 6.30. The van der Waals surface area contributed by atoms with Crippen LogP contribution in [-0.2, 0) is 9.84 Å². The molecule has 0 aliphatic carbocycles. The van der Waals surface area contributed by atoms with Crippen molar-refractivity contribution in [1.29, 1.82) is 0 Å². The molecule has 0 bridgehead atoms. The van der Waals surface area contributed by atoms with Gasteiger partial charge in [-0.15, -0.1) is 0 Å². The fourth-order valence-electron chi connectivity index (χ4n) is 3.23. The second kappa shape index (κ2) is 7.76. The molecule has 0 saturated carbocycles. The molecule has 5 rings (SSSR count). The van der Waals surface area contributed by atoms with E-state index in [9.17, 15) is 8.42 Å². The number of sulfone groups is 1. The third kappa shape index (κ3) is 3.87. The van der Waals surface area contributed by atoms with Gasteiger partial charge in [-0.25, -0.2) is 23.4 Å². The van der Waals surface area contributed by atoms with Gasteiger partial charge in [-0.05, 0) is 60.4 Å². The summed E-state index contributed by atoms with van der Waals surface area (Å²) >= 11 is 0. The molecule has 4 heterocycles. The summed E-state index contributed by atoms with van der Waals surface area (Å²) in [5, 5.41) is 12.8. The van der Waals surface area contributed by atoms with E-state index in [1.54, 1.807) is 42.9 Å². The number of hydrogen-bond acceptors (Lipinski definition) is 7. The first kappa shape index (κ1) is 19.7. The third-order valence-corrected chi connectivity index (χ3v) is 5.97. The first-order valence-electron chi connectivity index (χ1n) is 9.60. The minimum absolute atomic E-state index is 0.262. The van der Waals surface area contributed by atoms with Crippen molar-refractivity contribution in [3.05, 3.63) is 78.5 Å². The molecule has 32 heavy (non-hydrogen) atoms. The average molecular weight is 440 g/mol. The van der Waals surface area contributed by atoms with Crippen molar-refractivity contribution >= 4 is 43.1 Å². The zero-order chi connectivity index (χ0) is 22.1. The van der Waals surface area contributed by atoms with Crippen LogP contribution in [0.2, 0.25) is 0 Å². The molecule has 5 aromatic rings. The van der Waals surface area contributed by atoms with Crippen molar-refractivity contribution in [2.75, 3.05) is 11.6 Å². The number of nitrogens with one attached hydrogen (secondary N) is 2. The average Bonchev–Trinajstić information content (AvgIpc) is 3.20. The number of nitrogens with zero attached hydrogens (tertiary/aromatic N) is 4. The summed E-state index contributed by atoms with van der Waals surface area (Å²) in [4.78, 5) is 13.3. The highest BCUT2D eigenvalue weighted by Gasteiger charge is 2.08. The molecular weight excluding hydrogens is 424 g/mol. The van der Waals surface area contributed by atoms with Crippen molar-refractivity contribution in [3.63, 3.8) is 0 Å². The van der Waals surface area contributed by atoms with Crippen LogP contribution in [0.25, 0.3) is 21.8 Å². The standard InChI is InChI=1S/C23H16N6O2S/c1-32(30,31)17-6-4-16(5-7-17)27-22-13-19-15(14-26-22)10-12-24-20(19)8-9-21-18-3-2-11-25-23(18)29-28-21/h2-7,10-14H,1H3,(H,26,27)(H,25,28,29). The van der Waals surface area contributed by atoms with Gasteiger partial charge in [0.05, 0.1) is 10.3 Å². The van der Waals surface area contributed by atoms with Gasteiger partial charge >= 0.3 is 0 Å². The molecule has 0 saturated heterocycles. The molecule has 0 aliphatic rings. The number of aromatic amines is 1. The highest BCUT2D eigenvalue weighted by Crippen LogP contribution is 2.23. The molecule has 1 aromatic carbocycles. The van der Waals surface area contributed by atoms with Gasteiger partial charge < -0.3 is 5.32 Å². The number of pyridine rings is 3. The molecule has 156 valence electrons.